The maximum absolute atomic E-state index is 9.96. The summed E-state index contributed by atoms with van der Waals surface area (Å²) in [6, 6.07) is 0. The van der Waals surface area contributed by atoms with E-state index in [-0.39, 0.29) is 6.61 Å². The standard InChI is InChI=1S/C3H5NO5/c4-3(5)7-2-1-6-9-8-2/h2H,1H2,(H2,4,5). The second-order valence-electron chi connectivity index (χ2n) is 1.32. The van der Waals surface area contributed by atoms with Gasteiger partial charge in [0.15, 0.2) is 6.61 Å². The van der Waals surface area contributed by atoms with Gasteiger partial charge in [-0.1, -0.05) is 5.04 Å². The normalized spacial score (nSPS) is 26.0. The van der Waals surface area contributed by atoms with Crippen molar-refractivity contribution in [2.24, 2.45) is 5.73 Å². The number of carbonyl (C=O) groups is 1. The highest BCUT2D eigenvalue weighted by atomic mass is 17.5. The van der Waals surface area contributed by atoms with Gasteiger partial charge in [-0.2, -0.15) is 9.78 Å². The predicted octanol–water partition coefficient (Wildman–Crippen LogP) is -0.699. The SMILES string of the molecule is NC(=O)OC1COOO1. The van der Waals surface area contributed by atoms with Gasteiger partial charge in [0.1, 0.15) is 0 Å². The summed E-state index contributed by atoms with van der Waals surface area (Å²) in [5.74, 6) is 0. The van der Waals surface area contributed by atoms with Crippen LogP contribution in [0.1, 0.15) is 0 Å². The summed E-state index contributed by atoms with van der Waals surface area (Å²) >= 11 is 0. The summed E-state index contributed by atoms with van der Waals surface area (Å²) in [6.45, 7) is 0.0446. The highest BCUT2D eigenvalue weighted by molar-refractivity contribution is 5.64. The Kier molecular flexibility index (Phi) is 1.83. The summed E-state index contributed by atoms with van der Waals surface area (Å²) in [5.41, 5.74) is 4.62. The van der Waals surface area contributed by atoms with Crippen molar-refractivity contribution in [3.63, 3.8) is 0 Å². The van der Waals surface area contributed by atoms with E-state index < -0.39 is 12.4 Å². The summed E-state index contributed by atoms with van der Waals surface area (Å²) in [6.07, 6.45) is -1.75. The monoisotopic (exact) mass is 135 g/mol. The minimum Gasteiger partial charge on any atom is -0.414 e. The first-order chi connectivity index (χ1) is 4.29. The fourth-order valence-corrected chi connectivity index (χ4v) is 0.366. The molecule has 52 valence electrons. The van der Waals surface area contributed by atoms with Crippen molar-refractivity contribution in [2.45, 2.75) is 6.29 Å². The number of primary amides is 1. The van der Waals surface area contributed by atoms with Crippen LogP contribution in [-0.4, -0.2) is 19.0 Å². The van der Waals surface area contributed by atoms with Crippen molar-refractivity contribution >= 4 is 6.09 Å². The van der Waals surface area contributed by atoms with Gasteiger partial charge in [-0.15, -0.1) is 0 Å². The summed E-state index contributed by atoms with van der Waals surface area (Å²) in [5, 5.41) is 3.93. The number of carbonyl (C=O) groups excluding carboxylic acids is 1. The number of rotatable bonds is 1. The molecule has 1 heterocycles. The highest BCUT2D eigenvalue weighted by Gasteiger charge is 2.21. The Hall–Kier alpha value is -0.850. The minimum atomic E-state index is -0.922. The van der Waals surface area contributed by atoms with Crippen molar-refractivity contribution in [3.8, 4) is 0 Å². The van der Waals surface area contributed by atoms with Gasteiger partial charge in [0.05, 0.1) is 0 Å². The molecule has 1 aliphatic rings. The van der Waals surface area contributed by atoms with Gasteiger partial charge in [0.2, 0.25) is 0 Å². The second kappa shape index (κ2) is 2.62. The molecule has 6 heteroatoms. The Balaban J connectivity index is 2.19. The van der Waals surface area contributed by atoms with Crippen LogP contribution in [0.3, 0.4) is 0 Å². The molecule has 0 aromatic carbocycles. The highest BCUT2D eigenvalue weighted by Crippen LogP contribution is 2.04. The zero-order valence-corrected chi connectivity index (χ0v) is 4.40. The van der Waals surface area contributed by atoms with E-state index in [2.05, 4.69) is 25.3 Å². The van der Waals surface area contributed by atoms with Crippen molar-refractivity contribution in [1.82, 2.24) is 0 Å². The molecule has 0 bridgehead atoms. The number of amides is 1. The van der Waals surface area contributed by atoms with Gasteiger partial charge in [-0.05, 0) is 0 Å². The molecular formula is C3H5NO5. The summed E-state index contributed by atoms with van der Waals surface area (Å²) < 4.78 is 4.28. The van der Waals surface area contributed by atoms with Crippen LogP contribution in [0.25, 0.3) is 0 Å². The average Bonchev–Trinajstić information content (AvgIpc) is 2.15. The van der Waals surface area contributed by atoms with E-state index in [0.717, 1.165) is 0 Å². The molecule has 6 nitrogen and oxygen atoms in total. The molecular weight excluding hydrogens is 130 g/mol. The first kappa shape index (κ1) is 6.27. The number of nitrogens with two attached hydrogens (primary N) is 1. The van der Waals surface area contributed by atoms with Gasteiger partial charge in [0, 0.05) is 0 Å². The maximum Gasteiger partial charge on any atom is 0.406 e. The molecule has 1 unspecified atom stereocenters. The van der Waals surface area contributed by atoms with E-state index in [0.29, 0.717) is 0 Å². The Morgan fingerprint density at radius 2 is 2.56 bits per heavy atom. The van der Waals surface area contributed by atoms with Crippen molar-refractivity contribution < 1.29 is 24.3 Å². The minimum absolute atomic E-state index is 0.0446. The van der Waals surface area contributed by atoms with Gasteiger partial charge in [-0.25, -0.2) is 4.79 Å². The molecule has 1 aliphatic heterocycles. The number of ether oxygens (including phenoxy) is 1. The topological polar surface area (TPSA) is 80.0 Å². The molecule has 1 atom stereocenters. The predicted molar refractivity (Wildman–Crippen MR) is 22.6 cm³/mol. The van der Waals surface area contributed by atoms with E-state index in [4.69, 9.17) is 0 Å². The largest absolute Gasteiger partial charge is 0.414 e. The first-order valence-corrected chi connectivity index (χ1v) is 2.20. The molecule has 1 amide bonds. The van der Waals surface area contributed by atoms with Crippen molar-refractivity contribution in [2.75, 3.05) is 6.61 Å². The van der Waals surface area contributed by atoms with Crippen LogP contribution in [-0.2, 0) is 19.6 Å². The smallest absolute Gasteiger partial charge is 0.406 e. The number of hydrogen-bond acceptors (Lipinski definition) is 5. The third kappa shape index (κ3) is 1.84. The van der Waals surface area contributed by atoms with E-state index >= 15 is 0 Å². The Morgan fingerprint density at radius 3 is 3.00 bits per heavy atom. The zero-order chi connectivity index (χ0) is 6.69. The second-order valence-corrected chi connectivity index (χ2v) is 1.32. The molecule has 0 aliphatic carbocycles. The van der Waals surface area contributed by atoms with Crippen LogP contribution in [0.4, 0.5) is 4.79 Å². The van der Waals surface area contributed by atoms with Crippen LogP contribution >= 0.6 is 0 Å². The lowest BCUT2D eigenvalue weighted by Crippen LogP contribution is -2.23. The van der Waals surface area contributed by atoms with Crippen LogP contribution < -0.4 is 5.73 Å². The van der Waals surface area contributed by atoms with Crippen LogP contribution in [0, 0.1) is 0 Å². The Morgan fingerprint density at radius 1 is 1.78 bits per heavy atom. The number of hydrogen-bond donors (Lipinski definition) is 1. The lowest BCUT2D eigenvalue weighted by Gasteiger charge is -2.01. The summed E-state index contributed by atoms with van der Waals surface area (Å²) in [7, 11) is 0. The lowest BCUT2D eigenvalue weighted by atomic mass is 10.7. The van der Waals surface area contributed by atoms with Crippen molar-refractivity contribution in [3.05, 3.63) is 0 Å². The van der Waals surface area contributed by atoms with Gasteiger partial charge in [-0.3, -0.25) is 0 Å². The quantitative estimate of drug-likeness (QED) is 0.481. The molecule has 2 N–H and O–H groups in total. The molecule has 0 saturated carbocycles. The molecule has 1 rings (SSSR count). The van der Waals surface area contributed by atoms with E-state index in [1.807, 2.05) is 0 Å². The molecule has 1 saturated heterocycles. The molecule has 1 fully saturated rings. The van der Waals surface area contributed by atoms with Crippen LogP contribution in [0.5, 0.6) is 0 Å². The summed E-state index contributed by atoms with van der Waals surface area (Å²) in [4.78, 5) is 18.4. The molecule has 0 aromatic heterocycles. The molecule has 0 radical (unpaired) electrons. The average molecular weight is 135 g/mol. The molecule has 9 heavy (non-hydrogen) atoms. The third-order valence-corrected chi connectivity index (χ3v) is 0.646. The maximum atomic E-state index is 9.96. The molecule has 0 aromatic rings. The van der Waals surface area contributed by atoms with Crippen LogP contribution in [0.15, 0.2) is 0 Å². The van der Waals surface area contributed by atoms with Gasteiger partial charge >= 0.3 is 6.09 Å². The van der Waals surface area contributed by atoms with E-state index in [9.17, 15) is 4.79 Å². The van der Waals surface area contributed by atoms with E-state index in [1.165, 1.54) is 0 Å². The fourth-order valence-electron chi connectivity index (χ4n) is 0.366. The van der Waals surface area contributed by atoms with Gasteiger partial charge < -0.3 is 10.5 Å². The Labute approximate surface area is 50.3 Å². The Bertz CT molecular complexity index is 109. The molecule has 0 spiro atoms. The lowest BCUT2D eigenvalue weighted by molar-refractivity contribution is -0.470. The zero-order valence-electron chi connectivity index (χ0n) is 4.40. The van der Waals surface area contributed by atoms with Crippen molar-refractivity contribution in [1.29, 1.82) is 0 Å². The fraction of sp³-hybridized carbons (Fsp3) is 0.667. The van der Waals surface area contributed by atoms with E-state index in [1.54, 1.807) is 0 Å². The third-order valence-electron chi connectivity index (χ3n) is 0.646. The van der Waals surface area contributed by atoms with Crippen LogP contribution in [0.2, 0.25) is 0 Å². The van der Waals surface area contributed by atoms with Gasteiger partial charge in [0.25, 0.3) is 6.29 Å². The first-order valence-electron chi connectivity index (χ1n) is 2.20.